The van der Waals surface area contributed by atoms with Crippen LogP contribution in [0.15, 0.2) is 0 Å². The van der Waals surface area contributed by atoms with Crippen LogP contribution in [0.3, 0.4) is 0 Å². The summed E-state index contributed by atoms with van der Waals surface area (Å²) in [7, 11) is -1.44. The molecule has 1 unspecified atom stereocenters. The molecule has 0 bridgehead atoms. The molecule has 0 aromatic rings. The van der Waals surface area contributed by atoms with Crippen molar-refractivity contribution in [3.8, 4) is 0 Å². The van der Waals surface area contributed by atoms with Gasteiger partial charge < -0.3 is 51.8 Å². The molecule has 0 aromatic carbocycles. The van der Waals surface area contributed by atoms with Gasteiger partial charge in [0, 0.05) is 6.61 Å². The normalized spacial score (nSPS) is 12.8. The van der Waals surface area contributed by atoms with Crippen molar-refractivity contribution in [3.05, 3.63) is 0 Å². The summed E-state index contributed by atoms with van der Waals surface area (Å²) < 4.78 is 60.5. The summed E-state index contributed by atoms with van der Waals surface area (Å²) in [5, 5.41) is 0. The molecule has 0 fully saturated rings. The maximum Gasteiger partial charge on any atom is 0.183 e. The van der Waals surface area contributed by atoms with Crippen molar-refractivity contribution in [1.82, 2.24) is 0 Å². The predicted molar refractivity (Wildman–Crippen MR) is 157 cm³/mol. The number of hydrogen-bond acceptors (Lipinski definition) is 11. The molecular formula is C28H60O11Si. The summed E-state index contributed by atoms with van der Waals surface area (Å²) in [6.45, 7) is 22.8. The first kappa shape index (κ1) is 39.8. The lowest BCUT2D eigenvalue weighted by Crippen LogP contribution is -2.27. The molecule has 0 aliphatic heterocycles. The second-order valence-corrected chi connectivity index (χ2v) is 14.6. The van der Waals surface area contributed by atoms with E-state index in [1.54, 1.807) is 0 Å². The van der Waals surface area contributed by atoms with E-state index in [-0.39, 0.29) is 0 Å². The quantitative estimate of drug-likeness (QED) is 0.0805. The topological polar surface area (TPSA) is 102 Å². The Morgan fingerprint density at radius 2 is 0.600 bits per heavy atom. The van der Waals surface area contributed by atoms with Gasteiger partial charge in [-0.25, -0.2) is 0 Å². The van der Waals surface area contributed by atoms with Crippen LogP contribution in [-0.4, -0.2) is 147 Å². The van der Waals surface area contributed by atoms with Gasteiger partial charge in [0.25, 0.3) is 0 Å². The number of hydrogen-bond donors (Lipinski definition) is 0. The lowest BCUT2D eigenvalue weighted by molar-refractivity contribution is -0.0271. The van der Waals surface area contributed by atoms with Gasteiger partial charge in [-0.15, -0.1) is 0 Å². The van der Waals surface area contributed by atoms with Crippen molar-refractivity contribution in [3.63, 3.8) is 0 Å². The van der Waals surface area contributed by atoms with Crippen LogP contribution in [0.25, 0.3) is 0 Å². The first-order valence-electron chi connectivity index (χ1n) is 14.9. The zero-order chi connectivity index (χ0) is 29.4. The highest BCUT2D eigenvalue weighted by atomic mass is 28.4. The average molecular weight is 601 g/mol. The largest absolute Gasteiger partial charge is 0.415 e. The summed E-state index contributed by atoms with van der Waals surface area (Å²) in [4.78, 5) is 0. The van der Waals surface area contributed by atoms with Crippen LogP contribution in [0.2, 0.25) is 19.6 Å². The fourth-order valence-corrected chi connectivity index (χ4v) is 3.48. The predicted octanol–water partition coefficient (Wildman–Crippen LogP) is 3.05. The molecule has 0 radical (unpaired) electrons. The smallest absolute Gasteiger partial charge is 0.183 e. The van der Waals surface area contributed by atoms with Crippen molar-refractivity contribution in [2.45, 2.75) is 39.9 Å². The Hall–Kier alpha value is -0.223. The minimum atomic E-state index is -1.44. The molecule has 0 rings (SSSR count). The maximum absolute atomic E-state index is 5.71. The van der Waals surface area contributed by atoms with Crippen molar-refractivity contribution < 1.29 is 51.8 Å². The summed E-state index contributed by atoms with van der Waals surface area (Å²) in [6, 6.07) is 0. The maximum atomic E-state index is 5.71. The summed E-state index contributed by atoms with van der Waals surface area (Å²) in [6.07, 6.45) is 1.14. The van der Waals surface area contributed by atoms with Gasteiger partial charge in [-0.2, -0.15) is 0 Å². The third-order valence-corrected chi connectivity index (χ3v) is 6.28. The van der Waals surface area contributed by atoms with E-state index in [2.05, 4.69) is 33.5 Å². The van der Waals surface area contributed by atoms with Gasteiger partial charge in [-0.05, 0) is 25.6 Å². The Kier molecular flexibility index (Phi) is 31.5. The zero-order valence-electron chi connectivity index (χ0n) is 26.1. The lowest BCUT2D eigenvalue weighted by Gasteiger charge is -2.16. The van der Waals surface area contributed by atoms with E-state index in [0.717, 1.165) is 13.0 Å². The molecule has 0 aliphatic carbocycles. The second kappa shape index (κ2) is 31.7. The highest BCUT2D eigenvalue weighted by Gasteiger charge is 2.13. The Morgan fingerprint density at radius 1 is 0.375 bits per heavy atom. The van der Waals surface area contributed by atoms with Crippen LogP contribution in [0.4, 0.5) is 0 Å². The van der Waals surface area contributed by atoms with Crippen LogP contribution in [0, 0.1) is 5.92 Å². The van der Waals surface area contributed by atoms with E-state index in [9.17, 15) is 0 Å². The SMILES string of the molecule is CCC(C)COCCOCCOCCOCCOCCOCCOCCOCCOCCOCCO[Si](C)(C)C. The molecule has 0 saturated carbocycles. The van der Waals surface area contributed by atoms with Gasteiger partial charge in [0.15, 0.2) is 8.32 Å². The van der Waals surface area contributed by atoms with Crippen LogP contribution >= 0.6 is 0 Å². The summed E-state index contributed by atoms with van der Waals surface area (Å²) in [5.41, 5.74) is 0. The molecule has 0 aliphatic rings. The highest BCUT2D eigenvalue weighted by molar-refractivity contribution is 6.69. The Bertz CT molecular complexity index is 484. The highest BCUT2D eigenvalue weighted by Crippen LogP contribution is 2.01. The Balaban J connectivity index is 3.06. The molecule has 0 amide bonds. The average Bonchev–Trinajstić information content (AvgIpc) is 2.92. The van der Waals surface area contributed by atoms with Crippen molar-refractivity contribution >= 4 is 8.32 Å². The van der Waals surface area contributed by atoms with E-state index in [4.69, 9.17) is 51.8 Å². The third kappa shape index (κ3) is 35.8. The van der Waals surface area contributed by atoms with Gasteiger partial charge in [-0.1, -0.05) is 20.3 Å². The number of rotatable bonds is 34. The first-order chi connectivity index (χ1) is 19.5. The van der Waals surface area contributed by atoms with Crippen LogP contribution < -0.4 is 0 Å². The van der Waals surface area contributed by atoms with Crippen molar-refractivity contribution in [1.29, 1.82) is 0 Å². The van der Waals surface area contributed by atoms with E-state index >= 15 is 0 Å². The standard InChI is InChI=1S/C28H60O11Si/c1-6-28(2)27-38-24-23-36-20-19-34-16-15-32-12-11-30-8-7-29-9-10-31-13-14-33-17-18-35-21-22-37-25-26-39-40(3,4)5/h28H,6-27H2,1-5H3. The fourth-order valence-electron chi connectivity index (χ4n) is 2.79. The first-order valence-corrected chi connectivity index (χ1v) is 18.3. The molecule has 0 heterocycles. The van der Waals surface area contributed by atoms with Gasteiger partial charge in [0.1, 0.15) is 0 Å². The molecule has 11 nitrogen and oxygen atoms in total. The Labute approximate surface area is 244 Å². The van der Waals surface area contributed by atoms with E-state index in [1.807, 2.05) is 0 Å². The third-order valence-electron chi connectivity index (χ3n) is 5.21. The molecule has 12 heteroatoms. The van der Waals surface area contributed by atoms with E-state index in [0.29, 0.717) is 138 Å². The molecule has 0 aromatic heterocycles. The van der Waals surface area contributed by atoms with E-state index < -0.39 is 8.32 Å². The summed E-state index contributed by atoms with van der Waals surface area (Å²) in [5.74, 6) is 0.601. The van der Waals surface area contributed by atoms with Crippen molar-refractivity contribution in [2.75, 3.05) is 139 Å². The molecule has 0 N–H and O–H groups in total. The minimum absolute atomic E-state index is 0.526. The zero-order valence-corrected chi connectivity index (χ0v) is 27.1. The second-order valence-electron chi connectivity index (χ2n) is 10.1. The Morgan fingerprint density at radius 3 is 0.825 bits per heavy atom. The molecule has 0 saturated heterocycles. The van der Waals surface area contributed by atoms with Crippen LogP contribution in [-0.2, 0) is 51.8 Å². The molecule has 0 spiro atoms. The van der Waals surface area contributed by atoms with Crippen LogP contribution in [0.1, 0.15) is 20.3 Å². The van der Waals surface area contributed by atoms with Gasteiger partial charge >= 0.3 is 0 Å². The lowest BCUT2D eigenvalue weighted by atomic mass is 10.1. The van der Waals surface area contributed by atoms with Crippen LogP contribution in [0.5, 0.6) is 0 Å². The van der Waals surface area contributed by atoms with Crippen molar-refractivity contribution in [2.24, 2.45) is 5.92 Å². The summed E-state index contributed by atoms with van der Waals surface area (Å²) >= 11 is 0. The minimum Gasteiger partial charge on any atom is -0.415 e. The van der Waals surface area contributed by atoms with E-state index in [1.165, 1.54) is 0 Å². The molecule has 40 heavy (non-hydrogen) atoms. The monoisotopic (exact) mass is 600 g/mol. The number of ether oxygens (including phenoxy) is 10. The molecule has 1 atom stereocenters. The van der Waals surface area contributed by atoms with Gasteiger partial charge in [-0.3, -0.25) is 0 Å². The fraction of sp³-hybridized carbons (Fsp3) is 1.00. The molecular weight excluding hydrogens is 540 g/mol. The van der Waals surface area contributed by atoms with Gasteiger partial charge in [0.05, 0.1) is 132 Å². The van der Waals surface area contributed by atoms with Gasteiger partial charge in [0.2, 0.25) is 0 Å². The molecule has 242 valence electrons.